The summed E-state index contributed by atoms with van der Waals surface area (Å²) in [4.78, 5) is 0. The Morgan fingerprint density at radius 1 is 0.591 bits per heavy atom. The van der Waals surface area contributed by atoms with Crippen LogP contribution in [0.5, 0.6) is 0 Å². The predicted molar refractivity (Wildman–Crippen MR) is 98.4 cm³/mol. The number of hydrogen-bond donors (Lipinski definition) is 0. The van der Waals surface area contributed by atoms with Gasteiger partial charge in [-0.15, -0.1) is 0 Å². The molecule has 0 saturated heterocycles. The first-order chi connectivity index (χ1) is 10.1. The summed E-state index contributed by atoms with van der Waals surface area (Å²) in [5.41, 5.74) is 6.55. The lowest BCUT2D eigenvalue weighted by molar-refractivity contribution is 0.590. The van der Waals surface area contributed by atoms with E-state index in [1.54, 1.807) is 0 Å². The minimum absolute atomic E-state index is 0.189. The summed E-state index contributed by atoms with van der Waals surface area (Å²) < 4.78 is 0. The monoisotopic (exact) mass is 292 g/mol. The first-order valence-corrected chi connectivity index (χ1v) is 8.00. The Hall–Kier alpha value is -1.82. The fourth-order valence-electron chi connectivity index (χ4n) is 2.51. The summed E-state index contributed by atoms with van der Waals surface area (Å²) in [7, 11) is 0. The number of hydrogen-bond acceptors (Lipinski definition) is 0. The molecule has 0 amide bonds. The molecule has 0 heterocycles. The zero-order valence-corrected chi connectivity index (χ0v) is 14.8. The smallest absolute Gasteiger partial charge is 0.0132 e. The Morgan fingerprint density at radius 3 is 1.09 bits per heavy atom. The van der Waals surface area contributed by atoms with Crippen LogP contribution in [0.3, 0.4) is 0 Å². The van der Waals surface area contributed by atoms with Crippen LogP contribution in [0, 0.1) is 0 Å². The van der Waals surface area contributed by atoms with Crippen LogP contribution in [0.1, 0.15) is 63.8 Å². The molecule has 0 aromatic heterocycles. The highest BCUT2D eigenvalue weighted by Crippen LogP contribution is 2.28. The first-order valence-electron chi connectivity index (χ1n) is 8.00. The van der Waals surface area contributed by atoms with E-state index >= 15 is 0 Å². The molecule has 0 heteroatoms. The van der Waals surface area contributed by atoms with Gasteiger partial charge in [0.25, 0.3) is 0 Å². The van der Waals surface area contributed by atoms with Crippen LogP contribution in [0.4, 0.5) is 0 Å². The van der Waals surface area contributed by atoms with Crippen molar-refractivity contribution in [3.05, 3.63) is 77.4 Å². The molecule has 0 aliphatic heterocycles. The second-order valence-corrected chi connectivity index (χ2v) is 8.13. The van der Waals surface area contributed by atoms with Crippen molar-refractivity contribution in [1.29, 1.82) is 0 Å². The molecule has 0 nitrogen and oxygen atoms in total. The van der Waals surface area contributed by atoms with Gasteiger partial charge < -0.3 is 0 Å². The van der Waals surface area contributed by atoms with Gasteiger partial charge in [-0.3, -0.25) is 0 Å². The summed E-state index contributed by atoms with van der Waals surface area (Å²) in [6, 6.07) is 17.6. The maximum Gasteiger partial charge on any atom is -0.0132 e. The molecule has 0 saturated carbocycles. The molecule has 22 heavy (non-hydrogen) atoms. The third kappa shape index (κ3) is 3.68. The average Bonchev–Trinajstić information content (AvgIpc) is 2.45. The molecule has 0 atom stereocenters. The van der Waals surface area contributed by atoms with Crippen molar-refractivity contribution in [3.63, 3.8) is 0 Å². The van der Waals surface area contributed by atoms with Crippen LogP contribution in [0.25, 0.3) is 5.57 Å². The van der Waals surface area contributed by atoms with Gasteiger partial charge in [0.15, 0.2) is 0 Å². The van der Waals surface area contributed by atoms with Crippen LogP contribution < -0.4 is 0 Å². The van der Waals surface area contributed by atoms with Crippen LogP contribution >= 0.6 is 0 Å². The quantitative estimate of drug-likeness (QED) is 0.605. The summed E-state index contributed by atoms with van der Waals surface area (Å²) in [6.07, 6.45) is 0. The van der Waals surface area contributed by atoms with E-state index in [-0.39, 0.29) is 10.8 Å². The Morgan fingerprint density at radius 2 is 0.864 bits per heavy atom. The van der Waals surface area contributed by atoms with Crippen LogP contribution in [-0.4, -0.2) is 0 Å². The van der Waals surface area contributed by atoms with Crippen LogP contribution in [0.2, 0.25) is 0 Å². The molecule has 0 aliphatic carbocycles. The first kappa shape index (κ1) is 16.5. The van der Waals surface area contributed by atoms with Crippen molar-refractivity contribution in [2.75, 3.05) is 0 Å². The van der Waals surface area contributed by atoms with E-state index in [0.29, 0.717) is 0 Å². The van der Waals surface area contributed by atoms with Gasteiger partial charge in [0.2, 0.25) is 0 Å². The molecule has 2 aromatic rings. The van der Waals surface area contributed by atoms with Crippen molar-refractivity contribution in [1.82, 2.24) is 0 Å². The number of rotatable bonds is 2. The van der Waals surface area contributed by atoms with E-state index in [2.05, 4.69) is 96.7 Å². The molecule has 0 unspecified atom stereocenters. The molecule has 0 spiro atoms. The fourth-order valence-corrected chi connectivity index (χ4v) is 2.51. The summed E-state index contributed by atoms with van der Waals surface area (Å²) >= 11 is 0. The SMILES string of the molecule is C=C(c1ccc(C(C)(C)C)cc1)c1ccc(C(C)(C)C)cc1. The Bertz CT molecular complexity index is 582. The van der Waals surface area contributed by atoms with E-state index in [1.165, 1.54) is 22.3 Å². The summed E-state index contributed by atoms with van der Waals surface area (Å²) in [5, 5.41) is 0. The second kappa shape index (κ2) is 5.76. The van der Waals surface area contributed by atoms with Crippen molar-refractivity contribution in [2.45, 2.75) is 52.4 Å². The average molecular weight is 292 g/mol. The van der Waals surface area contributed by atoms with Gasteiger partial charge >= 0.3 is 0 Å². The highest BCUT2D eigenvalue weighted by molar-refractivity contribution is 5.78. The van der Waals surface area contributed by atoms with Gasteiger partial charge in [-0.05, 0) is 38.7 Å². The largest absolute Gasteiger partial charge is 0.0906 e. The van der Waals surface area contributed by atoms with Gasteiger partial charge in [0.05, 0.1) is 0 Å². The molecule has 0 aliphatic rings. The molecular weight excluding hydrogens is 264 g/mol. The molecular formula is C22H28. The van der Waals surface area contributed by atoms with E-state index in [1.807, 2.05) is 0 Å². The fraction of sp³-hybridized carbons (Fsp3) is 0.364. The normalized spacial score (nSPS) is 12.3. The van der Waals surface area contributed by atoms with Crippen molar-refractivity contribution < 1.29 is 0 Å². The zero-order chi connectivity index (χ0) is 16.5. The van der Waals surface area contributed by atoms with Gasteiger partial charge in [0, 0.05) is 0 Å². The van der Waals surface area contributed by atoms with Crippen molar-refractivity contribution in [2.24, 2.45) is 0 Å². The Kier molecular flexibility index (Phi) is 4.33. The van der Waals surface area contributed by atoms with Gasteiger partial charge in [-0.25, -0.2) is 0 Å². The van der Waals surface area contributed by atoms with Gasteiger partial charge in [-0.1, -0.05) is 96.7 Å². The lowest BCUT2D eigenvalue weighted by atomic mass is 9.85. The molecule has 0 bridgehead atoms. The lowest BCUT2D eigenvalue weighted by Gasteiger charge is -2.20. The third-order valence-electron chi connectivity index (χ3n) is 4.20. The molecule has 2 aromatic carbocycles. The van der Waals surface area contributed by atoms with E-state index in [0.717, 1.165) is 5.57 Å². The van der Waals surface area contributed by atoms with Gasteiger partial charge in [-0.2, -0.15) is 0 Å². The predicted octanol–water partition coefficient (Wildman–Crippen LogP) is 6.34. The van der Waals surface area contributed by atoms with E-state index < -0.39 is 0 Å². The molecule has 0 radical (unpaired) electrons. The third-order valence-corrected chi connectivity index (χ3v) is 4.20. The highest BCUT2D eigenvalue weighted by Gasteiger charge is 2.15. The summed E-state index contributed by atoms with van der Waals surface area (Å²) in [5.74, 6) is 0. The van der Waals surface area contributed by atoms with E-state index in [4.69, 9.17) is 0 Å². The van der Waals surface area contributed by atoms with E-state index in [9.17, 15) is 0 Å². The van der Waals surface area contributed by atoms with Crippen molar-refractivity contribution in [3.8, 4) is 0 Å². The Labute approximate surface area is 135 Å². The molecule has 2 rings (SSSR count). The molecule has 116 valence electrons. The highest BCUT2D eigenvalue weighted by atomic mass is 14.2. The maximum atomic E-state index is 4.28. The summed E-state index contributed by atoms with van der Waals surface area (Å²) in [6.45, 7) is 17.7. The van der Waals surface area contributed by atoms with Crippen molar-refractivity contribution >= 4 is 5.57 Å². The standard InChI is InChI=1S/C22H28/c1-16(17-8-12-19(13-9-17)21(2,3)4)18-10-14-20(15-11-18)22(5,6)7/h8-15H,1H2,2-7H3. The van der Waals surface area contributed by atoms with Crippen LogP contribution in [-0.2, 0) is 10.8 Å². The Balaban J connectivity index is 2.25. The zero-order valence-electron chi connectivity index (χ0n) is 14.8. The second-order valence-electron chi connectivity index (χ2n) is 8.13. The van der Waals surface area contributed by atoms with Crippen LogP contribution in [0.15, 0.2) is 55.1 Å². The minimum atomic E-state index is 0.189. The minimum Gasteiger partial charge on any atom is -0.0906 e. The molecule has 0 N–H and O–H groups in total. The topological polar surface area (TPSA) is 0 Å². The number of benzene rings is 2. The molecule has 0 fully saturated rings. The maximum absolute atomic E-state index is 4.28. The lowest BCUT2D eigenvalue weighted by Crippen LogP contribution is -2.11. The van der Waals surface area contributed by atoms with Gasteiger partial charge in [0.1, 0.15) is 0 Å².